The van der Waals surface area contributed by atoms with Gasteiger partial charge < -0.3 is 0 Å². The minimum Gasteiger partial charge on any atom is -0.135 e. The van der Waals surface area contributed by atoms with E-state index in [2.05, 4.69) is 107 Å². The van der Waals surface area contributed by atoms with Crippen LogP contribution in [0.3, 0.4) is 0 Å². The Hall–Kier alpha value is -2.42. The highest BCUT2D eigenvalue weighted by molar-refractivity contribution is 9.10. The zero-order valence-corrected chi connectivity index (χ0v) is 16.3. The van der Waals surface area contributed by atoms with Crippen LogP contribution in [0.2, 0.25) is 0 Å². The number of rotatable bonds is 2. The zero-order chi connectivity index (χ0) is 17.5. The molecule has 0 nitrogen and oxygen atoms in total. The van der Waals surface area contributed by atoms with Gasteiger partial charge >= 0.3 is 0 Å². The Bertz CT molecular complexity index is 1220. The van der Waals surface area contributed by atoms with Crippen molar-refractivity contribution >= 4 is 47.4 Å². The van der Waals surface area contributed by atoms with Crippen LogP contribution in [0, 0.1) is 0 Å². The lowest BCUT2D eigenvalue weighted by Gasteiger charge is -2.07. The van der Waals surface area contributed by atoms with Crippen LogP contribution >= 0.6 is 27.3 Å². The van der Waals surface area contributed by atoms with Gasteiger partial charge in [0.15, 0.2) is 0 Å². The topological polar surface area (TPSA) is 0 Å². The molecular formula is C24H15BrS. The van der Waals surface area contributed by atoms with Crippen molar-refractivity contribution in [3.05, 3.63) is 95.5 Å². The van der Waals surface area contributed by atoms with Crippen molar-refractivity contribution in [2.75, 3.05) is 0 Å². The molecule has 0 amide bonds. The van der Waals surface area contributed by atoms with E-state index < -0.39 is 0 Å². The second kappa shape index (κ2) is 6.39. The molecule has 1 heterocycles. The summed E-state index contributed by atoms with van der Waals surface area (Å²) in [6.07, 6.45) is 0. The maximum absolute atomic E-state index is 3.71. The summed E-state index contributed by atoms with van der Waals surface area (Å²) in [5.74, 6) is 0. The predicted octanol–water partition coefficient (Wildman–Crippen LogP) is 8.15. The lowest BCUT2D eigenvalue weighted by molar-refractivity contribution is 1.60. The van der Waals surface area contributed by atoms with E-state index in [1.807, 2.05) is 11.3 Å². The molecule has 1 aromatic heterocycles. The van der Waals surface area contributed by atoms with Gasteiger partial charge in [-0.1, -0.05) is 88.7 Å². The summed E-state index contributed by atoms with van der Waals surface area (Å²) in [5.41, 5.74) is 5.04. The summed E-state index contributed by atoms with van der Waals surface area (Å²) in [6.45, 7) is 0. The first-order chi connectivity index (χ1) is 12.8. The minimum absolute atomic E-state index is 1.12. The molecule has 0 saturated carbocycles. The van der Waals surface area contributed by atoms with Crippen LogP contribution in [-0.4, -0.2) is 0 Å². The highest BCUT2D eigenvalue weighted by Crippen LogP contribution is 2.42. The van der Waals surface area contributed by atoms with Crippen LogP contribution in [0.15, 0.2) is 95.5 Å². The molecule has 26 heavy (non-hydrogen) atoms. The van der Waals surface area contributed by atoms with Crippen molar-refractivity contribution in [1.29, 1.82) is 0 Å². The Kier molecular flexibility index (Phi) is 3.88. The molecule has 2 heteroatoms. The lowest BCUT2D eigenvalue weighted by atomic mass is 9.99. The molecule has 0 bridgehead atoms. The number of benzene rings is 4. The van der Waals surface area contributed by atoms with Gasteiger partial charge in [0.2, 0.25) is 0 Å². The fourth-order valence-electron chi connectivity index (χ4n) is 3.48. The monoisotopic (exact) mass is 414 g/mol. The number of hydrogen-bond donors (Lipinski definition) is 0. The molecule has 124 valence electrons. The van der Waals surface area contributed by atoms with Gasteiger partial charge in [-0.25, -0.2) is 0 Å². The van der Waals surface area contributed by atoms with Gasteiger partial charge in [-0.3, -0.25) is 0 Å². The maximum Gasteiger partial charge on any atom is 0.0434 e. The van der Waals surface area contributed by atoms with Gasteiger partial charge in [0, 0.05) is 30.2 Å². The Morgan fingerprint density at radius 3 is 2.04 bits per heavy atom. The van der Waals surface area contributed by atoms with E-state index in [4.69, 9.17) is 0 Å². The maximum atomic E-state index is 3.71. The van der Waals surface area contributed by atoms with Gasteiger partial charge in [-0.15, -0.1) is 11.3 Å². The van der Waals surface area contributed by atoms with Gasteiger partial charge in [-0.05, 0) is 34.9 Å². The summed E-state index contributed by atoms with van der Waals surface area (Å²) >= 11 is 5.58. The van der Waals surface area contributed by atoms with Gasteiger partial charge in [-0.2, -0.15) is 0 Å². The molecule has 0 atom stereocenters. The van der Waals surface area contributed by atoms with Crippen molar-refractivity contribution in [3.8, 4) is 22.3 Å². The smallest absolute Gasteiger partial charge is 0.0434 e. The summed E-state index contributed by atoms with van der Waals surface area (Å²) in [4.78, 5) is 0. The second-order valence-corrected chi connectivity index (χ2v) is 8.34. The van der Waals surface area contributed by atoms with E-state index in [1.165, 1.54) is 42.4 Å². The highest BCUT2D eigenvalue weighted by atomic mass is 79.9. The Morgan fingerprint density at radius 1 is 0.577 bits per heavy atom. The third-order valence-corrected chi connectivity index (χ3v) is 6.42. The molecule has 0 spiro atoms. The van der Waals surface area contributed by atoms with E-state index in [0.717, 1.165) is 4.47 Å². The molecule has 0 aliphatic carbocycles. The molecule has 0 radical (unpaired) electrons. The van der Waals surface area contributed by atoms with E-state index in [0.29, 0.717) is 0 Å². The molecule has 0 saturated heterocycles. The van der Waals surface area contributed by atoms with Crippen LogP contribution in [-0.2, 0) is 0 Å². The molecule has 0 aliphatic rings. The summed E-state index contributed by atoms with van der Waals surface area (Å²) < 4.78 is 3.81. The van der Waals surface area contributed by atoms with Gasteiger partial charge in [0.05, 0.1) is 0 Å². The second-order valence-electron chi connectivity index (χ2n) is 6.37. The Labute approximate surface area is 164 Å². The highest BCUT2D eigenvalue weighted by Gasteiger charge is 2.12. The first-order valence-corrected chi connectivity index (χ1v) is 10.2. The predicted molar refractivity (Wildman–Crippen MR) is 118 cm³/mol. The number of thiophene rings is 1. The molecule has 5 rings (SSSR count). The summed E-state index contributed by atoms with van der Waals surface area (Å²) in [7, 11) is 0. The van der Waals surface area contributed by atoms with Crippen LogP contribution < -0.4 is 0 Å². The quantitative estimate of drug-likeness (QED) is 0.273. The number of fused-ring (bicyclic) bond motifs is 3. The molecule has 4 aromatic carbocycles. The largest absolute Gasteiger partial charge is 0.135 e. The van der Waals surface area contributed by atoms with E-state index in [1.54, 1.807) is 0 Å². The van der Waals surface area contributed by atoms with E-state index in [-0.39, 0.29) is 0 Å². The molecule has 0 unspecified atom stereocenters. The van der Waals surface area contributed by atoms with Crippen LogP contribution in [0.4, 0.5) is 0 Å². The van der Waals surface area contributed by atoms with Crippen LogP contribution in [0.1, 0.15) is 0 Å². The molecule has 0 N–H and O–H groups in total. The average Bonchev–Trinajstić information content (AvgIpc) is 3.07. The fourth-order valence-corrected chi connectivity index (χ4v) is 5.16. The molecule has 5 aromatic rings. The van der Waals surface area contributed by atoms with Gasteiger partial charge in [0.25, 0.3) is 0 Å². The zero-order valence-electron chi connectivity index (χ0n) is 13.9. The average molecular weight is 415 g/mol. The number of halogens is 1. The van der Waals surface area contributed by atoms with Crippen molar-refractivity contribution in [2.45, 2.75) is 0 Å². The summed E-state index contributed by atoms with van der Waals surface area (Å²) in [6, 6.07) is 32.5. The van der Waals surface area contributed by atoms with Crippen molar-refractivity contribution in [3.63, 3.8) is 0 Å². The minimum atomic E-state index is 1.12. The third-order valence-electron chi connectivity index (χ3n) is 4.75. The van der Waals surface area contributed by atoms with Crippen molar-refractivity contribution < 1.29 is 0 Å². The van der Waals surface area contributed by atoms with Crippen molar-refractivity contribution in [1.82, 2.24) is 0 Å². The summed E-state index contributed by atoms with van der Waals surface area (Å²) in [5, 5.41) is 2.65. The molecule has 0 aliphatic heterocycles. The molecular weight excluding hydrogens is 400 g/mol. The SMILES string of the molecule is Brc1cc(-c2ccc(-c3ccccc3)cc2)c2sc3ccccc3c2c1. The Balaban J connectivity index is 1.69. The number of hydrogen-bond acceptors (Lipinski definition) is 1. The van der Waals surface area contributed by atoms with E-state index >= 15 is 0 Å². The normalized spacial score (nSPS) is 11.3. The van der Waals surface area contributed by atoms with E-state index in [9.17, 15) is 0 Å². The van der Waals surface area contributed by atoms with Crippen LogP contribution in [0.25, 0.3) is 42.4 Å². The fraction of sp³-hybridized carbons (Fsp3) is 0. The Morgan fingerprint density at radius 2 is 1.23 bits per heavy atom. The van der Waals surface area contributed by atoms with Crippen LogP contribution in [0.5, 0.6) is 0 Å². The molecule has 0 fully saturated rings. The lowest BCUT2D eigenvalue weighted by Crippen LogP contribution is -1.81. The van der Waals surface area contributed by atoms with Gasteiger partial charge in [0.1, 0.15) is 0 Å². The first-order valence-electron chi connectivity index (χ1n) is 8.56. The third kappa shape index (κ3) is 2.66. The standard InChI is InChI=1S/C24H15BrS/c25-19-14-21(24-22(15-19)20-8-4-5-9-23(20)26-24)18-12-10-17(11-13-18)16-6-2-1-3-7-16/h1-15H. The first kappa shape index (κ1) is 15.8. The van der Waals surface area contributed by atoms with Crippen molar-refractivity contribution in [2.24, 2.45) is 0 Å².